The van der Waals surface area contributed by atoms with Crippen LogP contribution in [0.5, 0.6) is 11.5 Å². The van der Waals surface area contributed by atoms with Crippen LogP contribution in [-0.4, -0.2) is 5.11 Å². The van der Waals surface area contributed by atoms with E-state index in [9.17, 15) is 0 Å². The van der Waals surface area contributed by atoms with Crippen molar-refractivity contribution in [1.29, 1.82) is 0 Å². The second-order valence-corrected chi connectivity index (χ2v) is 4.88. The van der Waals surface area contributed by atoms with E-state index in [1.54, 1.807) is 0 Å². The minimum absolute atomic E-state index is 0.0319. The normalized spacial score (nSPS) is 10.4. The fourth-order valence-corrected chi connectivity index (χ4v) is 2.19. The maximum atomic E-state index is 9.05. The average Bonchev–Trinajstić information content (AvgIpc) is 2.41. The maximum absolute atomic E-state index is 9.05. The fraction of sp³-hybridized carbons (Fsp3) is 0.200. The topological polar surface area (TPSA) is 29.5 Å². The number of ether oxygens (including phenoxy) is 1. The lowest BCUT2D eigenvalue weighted by Crippen LogP contribution is -1.89. The van der Waals surface area contributed by atoms with Crippen LogP contribution in [0.1, 0.15) is 18.1 Å². The van der Waals surface area contributed by atoms with E-state index in [1.165, 1.54) is 5.56 Å². The van der Waals surface area contributed by atoms with Gasteiger partial charge in [0.15, 0.2) is 0 Å². The number of benzene rings is 2. The third-order valence-corrected chi connectivity index (χ3v) is 3.33. The smallest absolute Gasteiger partial charge is 0.141 e. The Hall–Kier alpha value is -1.32. The Morgan fingerprint density at radius 3 is 2.61 bits per heavy atom. The summed E-state index contributed by atoms with van der Waals surface area (Å²) >= 11 is 3.44. The first kappa shape index (κ1) is 13.1. The molecule has 0 atom stereocenters. The van der Waals surface area contributed by atoms with Crippen LogP contribution in [0, 0.1) is 0 Å². The molecule has 0 fully saturated rings. The maximum Gasteiger partial charge on any atom is 0.141 e. The zero-order valence-corrected chi connectivity index (χ0v) is 11.8. The number of hydrogen-bond acceptors (Lipinski definition) is 2. The molecule has 0 saturated heterocycles. The standard InChI is InChI=1S/C15H15BrO2/c1-2-11-4-3-5-13(8-11)18-15-7-6-12(10-17)9-14(15)16/h3-9,17H,2,10H2,1H3. The zero-order chi connectivity index (χ0) is 13.0. The summed E-state index contributed by atoms with van der Waals surface area (Å²) in [5, 5.41) is 9.05. The Balaban J connectivity index is 2.22. The Bertz CT molecular complexity index is 538. The van der Waals surface area contributed by atoms with Crippen molar-refractivity contribution < 1.29 is 9.84 Å². The van der Waals surface area contributed by atoms with E-state index in [0.29, 0.717) is 0 Å². The predicted molar refractivity (Wildman–Crippen MR) is 76.0 cm³/mol. The van der Waals surface area contributed by atoms with Gasteiger partial charge in [0, 0.05) is 0 Å². The SMILES string of the molecule is CCc1cccc(Oc2ccc(CO)cc2Br)c1. The first-order valence-corrected chi connectivity index (χ1v) is 6.68. The molecule has 0 heterocycles. The van der Waals surface area contributed by atoms with Crippen molar-refractivity contribution in [2.24, 2.45) is 0 Å². The molecule has 0 aliphatic rings. The van der Waals surface area contributed by atoms with Gasteiger partial charge in [-0.15, -0.1) is 0 Å². The number of aliphatic hydroxyl groups excluding tert-OH is 1. The summed E-state index contributed by atoms with van der Waals surface area (Å²) in [7, 11) is 0. The van der Waals surface area contributed by atoms with Gasteiger partial charge in [0.05, 0.1) is 11.1 Å². The largest absolute Gasteiger partial charge is 0.456 e. The Labute approximate surface area is 115 Å². The van der Waals surface area contributed by atoms with E-state index in [-0.39, 0.29) is 6.61 Å². The minimum atomic E-state index is 0.0319. The van der Waals surface area contributed by atoms with Crippen molar-refractivity contribution in [3.63, 3.8) is 0 Å². The second-order valence-electron chi connectivity index (χ2n) is 4.03. The molecule has 2 aromatic rings. The molecule has 0 radical (unpaired) electrons. The number of aryl methyl sites for hydroxylation is 1. The van der Waals surface area contributed by atoms with E-state index in [4.69, 9.17) is 9.84 Å². The predicted octanol–water partition coefficient (Wildman–Crippen LogP) is 4.30. The lowest BCUT2D eigenvalue weighted by molar-refractivity contribution is 0.281. The molecule has 18 heavy (non-hydrogen) atoms. The summed E-state index contributed by atoms with van der Waals surface area (Å²) in [4.78, 5) is 0. The summed E-state index contributed by atoms with van der Waals surface area (Å²) in [5.74, 6) is 1.58. The van der Waals surface area contributed by atoms with Crippen LogP contribution < -0.4 is 4.74 Å². The first-order chi connectivity index (χ1) is 8.72. The molecule has 2 rings (SSSR count). The average molecular weight is 307 g/mol. The van der Waals surface area contributed by atoms with Gasteiger partial charge in [-0.3, -0.25) is 0 Å². The van der Waals surface area contributed by atoms with Gasteiger partial charge in [0.25, 0.3) is 0 Å². The highest BCUT2D eigenvalue weighted by atomic mass is 79.9. The van der Waals surface area contributed by atoms with E-state index >= 15 is 0 Å². The van der Waals surface area contributed by atoms with E-state index < -0.39 is 0 Å². The third-order valence-electron chi connectivity index (χ3n) is 2.71. The summed E-state index contributed by atoms with van der Waals surface area (Å²) in [6, 6.07) is 13.6. The van der Waals surface area contributed by atoms with Crippen molar-refractivity contribution in [2.75, 3.05) is 0 Å². The lowest BCUT2D eigenvalue weighted by Gasteiger charge is -2.09. The molecular weight excluding hydrogens is 292 g/mol. The van der Waals surface area contributed by atoms with E-state index in [2.05, 4.69) is 28.9 Å². The van der Waals surface area contributed by atoms with Crippen LogP contribution in [0.25, 0.3) is 0 Å². The van der Waals surface area contributed by atoms with Crippen molar-refractivity contribution in [3.05, 3.63) is 58.1 Å². The highest BCUT2D eigenvalue weighted by Crippen LogP contribution is 2.30. The molecule has 0 aliphatic carbocycles. The molecule has 2 aromatic carbocycles. The van der Waals surface area contributed by atoms with Gasteiger partial charge in [-0.25, -0.2) is 0 Å². The molecular formula is C15H15BrO2. The minimum Gasteiger partial charge on any atom is -0.456 e. The van der Waals surface area contributed by atoms with Crippen LogP contribution in [0.3, 0.4) is 0 Å². The molecule has 0 amide bonds. The first-order valence-electron chi connectivity index (χ1n) is 5.89. The Kier molecular flexibility index (Phi) is 4.39. The number of hydrogen-bond donors (Lipinski definition) is 1. The van der Waals surface area contributed by atoms with Crippen LogP contribution >= 0.6 is 15.9 Å². The summed E-state index contributed by atoms with van der Waals surface area (Å²) < 4.78 is 6.67. The number of halogens is 1. The molecule has 3 heteroatoms. The van der Waals surface area contributed by atoms with Gasteiger partial charge in [0.2, 0.25) is 0 Å². The molecule has 0 unspecified atom stereocenters. The van der Waals surface area contributed by atoms with E-state index in [0.717, 1.165) is 28.0 Å². The molecule has 0 spiro atoms. The molecule has 0 bridgehead atoms. The summed E-state index contributed by atoms with van der Waals surface area (Å²) in [6.07, 6.45) is 0.988. The molecule has 2 nitrogen and oxygen atoms in total. The van der Waals surface area contributed by atoms with Gasteiger partial charge in [-0.05, 0) is 57.7 Å². The zero-order valence-electron chi connectivity index (χ0n) is 10.2. The van der Waals surface area contributed by atoms with Crippen molar-refractivity contribution in [2.45, 2.75) is 20.0 Å². The van der Waals surface area contributed by atoms with Crippen molar-refractivity contribution >= 4 is 15.9 Å². The Morgan fingerprint density at radius 1 is 1.11 bits per heavy atom. The highest BCUT2D eigenvalue weighted by molar-refractivity contribution is 9.10. The molecule has 94 valence electrons. The molecule has 0 aliphatic heterocycles. The molecule has 1 N–H and O–H groups in total. The quantitative estimate of drug-likeness (QED) is 0.912. The van der Waals surface area contributed by atoms with Crippen molar-refractivity contribution in [1.82, 2.24) is 0 Å². The van der Waals surface area contributed by atoms with Crippen molar-refractivity contribution in [3.8, 4) is 11.5 Å². The number of rotatable bonds is 4. The molecule has 0 aromatic heterocycles. The van der Waals surface area contributed by atoms with Crippen LogP contribution in [0.15, 0.2) is 46.9 Å². The Morgan fingerprint density at radius 2 is 1.94 bits per heavy atom. The summed E-state index contributed by atoms with van der Waals surface area (Å²) in [6.45, 7) is 2.15. The van der Waals surface area contributed by atoms with Gasteiger partial charge in [-0.2, -0.15) is 0 Å². The fourth-order valence-electron chi connectivity index (χ4n) is 1.68. The van der Waals surface area contributed by atoms with Crippen LogP contribution in [-0.2, 0) is 13.0 Å². The van der Waals surface area contributed by atoms with Gasteiger partial charge < -0.3 is 9.84 Å². The van der Waals surface area contributed by atoms with Gasteiger partial charge in [-0.1, -0.05) is 25.1 Å². The van der Waals surface area contributed by atoms with Gasteiger partial charge in [0.1, 0.15) is 11.5 Å². The lowest BCUT2D eigenvalue weighted by atomic mass is 10.2. The van der Waals surface area contributed by atoms with E-state index in [1.807, 2.05) is 36.4 Å². The van der Waals surface area contributed by atoms with Gasteiger partial charge >= 0.3 is 0 Å². The third kappa shape index (κ3) is 3.12. The monoisotopic (exact) mass is 306 g/mol. The summed E-state index contributed by atoms with van der Waals surface area (Å²) in [5.41, 5.74) is 2.10. The number of aliphatic hydroxyl groups is 1. The van der Waals surface area contributed by atoms with Crippen LogP contribution in [0.4, 0.5) is 0 Å². The highest BCUT2D eigenvalue weighted by Gasteiger charge is 2.04. The second kappa shape index (κ2) is 6.03. The van der Waals surface area contributed by atoms with Crippen LogP contribution in [0.2, 0.25) is 0 Å². The molecule has 0 saturated carbocycles.